The molecule has 0 saturated carbocycles. The molecule has 1 unspecified atom stereocenters. The van der Waals surface area contributed by atoms with Gasteiger partial charge in [-0.05, 0) is 12.1 Å². The second kappa shape index (κ2) is 6.60. The third-order valence-electron chi connectivity index (χ3n) is 1.98. The van der Waals surface area contributed by atoms with Gasteiger partial charge in [-0.25, -0.2) is 4.79 Å². The number of rotatable bonds is 7. The molecule has 1 amide bonds. The number of nitrogens with zero attached hydrogens (tertiary/aromatic N) is 1. The third-order valence-corrected chi connectivity index (χ3v) is 1.98. The fourth-order valence-corrected chi connectivity index (χ4v) is 1.07. The number of ether oxygens (including phenoxy) is 1. The average molecular weight is 258 g/mol. The van der Waals surface area contributed by atoms with E-state index in [-0.39, 0.29) is 25.5 Å². The summed E-state index contributed by atoms with van der Waals surface area (Å²) >= 11 is 0. The number of carbonyl (C=O) groups excluding carboxylic acids is 1. The van der Waals surface area contributed by atoms with Crippen LogP contribution in [0.1, 0.15) is 12.2 Å². The second-order valence-corrected chi connectivity index (χ2v) is 3.56. The molecule has 0 aliphatic heterocycles. The van der Waals surface area contributed by atoms with Gasteiger partial charge >= 0.3 is 5.97 Å². The largest absolute Gasteiger partial charge is 0.479 e. The number of carboxylic acids is 1. The Hall–Kier alpha value is -2.09. The van der Waals surface area contributed by atoms with Gasteiger partial charge in [-0.1, -0.05) is 0 Å². The number of aryl methyl sites for hydroxylation is 1. The molecule has 18 heavy (non-hydrogen) atoms. The number of amides is 1. The van der Waals surface area contributed by atoms with E-state index in [1.165, 1.54) is 6.07 Å². The lowest BCUT2D eigenvalue weighted by molar-refractivity contribution is -0.147. The summed E-state index contributed by atoms with van der Waals surface area (Å²) in [6, 6.07) is 1.53. The van der Waals surface area contributed by atoms with Crippen molar-refractivity contribution in [2.75, 3.05) is 13.2 Å². The van der Waals surface area contributed by atoms with Crippen molar-refractivity contribution in [2.45, 2.75) is 19.4 Å². The Balaban J connectivity index is 2.16. The first-order valence-electron chi connectivity index (χ1n) is 5.22. The van der Waals surface area contributed by atoms with Gasteiger partial charge in [0.15, 0.2) is 12.7 Å². The summed E-state index contributed by atoms with van der Waals surface area (Å²) < 4.78 is 9.73. The molecule has 1 aromatic rings. The maximum atomic E-state index is 11.3. The second-order valence-electron chi connectivity index (χ2n) is 3.56. The summed E-state index contributed by atoms with van der Waals surface area (Å²) in [6.07, 6.45) is -1.55. The number of aliphatic carboxylic acids is 1. The van der Waals surface area contributed by atoms with E-state index in [1.54, 1.807) is 6.92 Å². The molecule has 100 valence electrons. The molecule has 0 bridgehead atoms. The summed E-state index contributed by atoms with van der Waals surface area (Å²) in [6.45, 7) is 1.48. The first kappa shape index (κ1) is 14.0. The Morgan fingerprint density at radius 2 is 2.33 bits per heavy atom. The van der Waals surface area contributed by atoms with Crippen LogP contribution < -0.4 is 10.1 Å². The van der Waals surface area contributed by atoms with Gasteiger partial charge in [0, 0.05) is 19.0 Å². The lowest BCUT2D eigenvalue weighted by atomic mass is 10.2. The minimum atomic E-state index is -1.48. The van der Waals surface area contributed by atoms with Gasteiger partial charge in [-0.15, -0.1) is 0 Å². The number of aliphatic hydroxyl groups is 1. The predicted octanol–water partition coefficient (Wildman–Crippen LogP) is -0.686. The summed E-state index contributed by atoms with van der Waals surface area (Å²) in [5.41, 5.74) is 0. The summed E-state index contributed by atoms with van der Waals surface area (Å²) in [5, 5.41) is 23.3. The van der Waals surface area contributed by atoms with Crippen LogP contribution in [0.5, 0.6) is 5.88 Å². The highest BCUT2D eigenvalue weighted by Gasteiger charge is 2.13. The Morgan fingerprint density at radius 3 is 2.89 bits per heavy atom. The van der Waals surface area contributed by atoms with Crippen molar-refractivity contribution in [3.63, 3.8) is 0 Å². The first-order chi connectivity index (χ1) is 8.49. The maximum Gasteiger partial charge on any atom is 0.332 e. The molecular formula is C10H14N2O6. The highest BCUT2D eigenvalue weighted by atomic mass is 16.5. The average Bonchev–Trinajstić information content (AvgIpc) is 2.72. The zero-order valence-electron chi connectivity index (χ0n) is 9.75. The summed E-state index contributed by atoms with van der Waals surface area (Å²) in [5.74, 6) is -0.991. The molecule has 0 aliphatic carbocycles. The molecule has 8 heteroatoms. The lowest BCUT2D eigenvalue weighted by Gasteiger charge is -2.07. The number of carboxylic acid groups (broad SMARTS) is 1. The zero-order chi connectivity index (χ0) is 13.5. The standard InChI is InChI=1S/C10H14N2O6/c1-6-4-9(12-18-6)17-5-8(14)11-3-2-7(13)10(15)16/h4,7,13H,2-3,5H2,1H3,(H,11,14)(H,15,16). The monoisotopic (exact) mass is 258 g/mol. The summed E-state index contributed by atoms with van der Waals surface area (Å²) in [4.78, 5) is 21.5. The highest BCUT2D eigenvalue weighted by molar-refractivity contribution is 5.77. The number of nitrogens with one attached hydrogen (secondary N) is 1. The molecule has 1 heterocycles. The molecule has 0 aliphatic rings. The number of hydrogen-bond donors (Lipinski definition) is 3. The van der Waals surface area contributed by atoms with Gasteiger partial charge in [-0.3, -0.25) is 4.79 Å². The van der Waals surface area contributed by atoms with Crippen LogP contribution in [0.25, 0.3) is 0 Å². The quantitative estimate of drug-likeness (QED) is 0.591. The van der Waals surface area contributed by atoms with E-state index in [9.17, 15) is 9.59 Å². The number of aromatic nitrogens is 1. The molecule has 3 N–H and O–H groups in total. The zero-order valence-corrected chi connectivity index (χ0v) is 9.75. The van der Waals surface area contributed by atoms with Crippen LogP contribution in [-0.2, 0) is 9.59 Å². The smallest absolute Gasteiger partial charge is 0.332 e. The molecule has 1 rings (SSSR count). The van der Waals surface area contributed by atoms with Gasteiger partial charge in [-0.2, -0.15) is 0 Å². The third kappa shape index (κ3) is 4.83. The topological polar surface area (TPSA) is 122 Å². The maximum absolute atomic E-state index is 11.3. The van der Waals surface area contributed by atoms with Crippen LogP contribution in [0.4, 0.5) is 0 Å². The van der Waals surface area contributed by atoms with Gasteiger partial charge in [0.25, 0.3) is 11.8 Å². The van der Waals surface area contributed by atoms with E-state index < -0.39 is 18.0 Å². The van der Waals surface area contributed by atoms with E-state index in [4.69, 9.17) is 19.5 Å². The Labute approximate surface area is 103 Å². The SMILES string of the molecule is Cc1cc(OCC(=O)NCCC(O)C(=O)O)no1. The van der Waals surface area contributed by atoms with Crippen LogP contribution in [0, 0.1) is 6.92 Å². The number of hydrogen-bond acceptors (Lipinski definition) is 6. The minimum absolute atomic E-state index is 0.0491. The fourth-order valence-electron chi connectivity index (χ4n) is 1.07. The molecule has 8 nitrogen and oxygen atoms in total. The molecule has 0 fully saturated rings. The lowest BCUT2D eigenvalue weighted by Crippen LogP contribution is -2.33. The van der Waals surface area contributed by atoms with Crippen LogP contribution in [-0.4, -0.2) is 46.5 Å². The molecule has 0 radical (unpaired) electrons. The van der Waals surface area contributed by atoms with E-state index in [0.717, 1.165) is 0 Å². The van der Waals surface area contributed by atoms with Crippen molar-refractivity contribution in [2.24, 2.45) is 0 Å². The van der Waals surface area contributed by atoms with E-state index in [1.807, 2.05) is 0 Å². The Morgan fingerprint density at radius 1 is 1.61 bits per heavy atom. The number of carbonyl (C=O) groups is 2. The van der Waals surface area contributed by atoms with Crippen molar-refractivity contribution in [1.29, 1.82) is 0 Å². The van der Waals surface area contributed by atoms with E-state index in [2.05, 4.69) is 10.5 Å². The van der Waals surface area contributed by atoms with E-state index in [0.29, 0.717) is 5.76 Å². The van der Waals surface area contributed by atoms with Crippen molar-refractivity contribution in [1.82, 2.24) is 10.5 Å². The first-order valence-corrected chi connectivity index (χ1v) is 5.22. The molecule has 1 aromatic heterocycles. The normalized spacial score (nSPS) is 11.9. The molecule has 0 saturated heterocycles. The van der Waals surface area contributed by atoms with Gasteiger partial charge < -0.3 is 24.8 Å². The van der Waals surface area contributed by atoms with Gasteiger partial charge in [0.05, 0.1) is 0 Å². The minimum Gasteiger partial charge on any atom is -0.479 e. The van der Waals surface area contributed by atoms with Crippen molar-refractivity contribution >= 4 is 11.9 Å². The molecule has 0 aromatic carbocycles. The number of aliphatic hydroxyl groups excluding tert-OH is 1. The van der Waals surface area contributed by atoms with Crippen LogP contribution in [0.15, 0.2) is 10.6 Å². The predicted molar refractivity (Wildman–Crippen MR) is 58.0 cm³/mol. The summed E-state index contributed by atoms with van der Waals surface area (Å²) in [7, 11) is 0. The van der Waals surface area contributed by atoms with Crippen LogP contribution >= 0.6 is 0 Å². The van der Waals surface area contributed by atoms with Crippen molar-refractivity contribution in [3.8, 4) is 5.88 Å². The van der Waals surface area contributed by atoms with Gasteiger partial charge in [0.2, 0.25) is 0 Å². The molecule has 0 spiro atoms. The Kier molecular flexibility index (Phi) is 5.12. The molecule has 1 atom stereocenters. The van der Waals surface area contributed by atoms with Crippen molar-refractivity contribution < 1.29 is 29.1 Å². The van der Waals surface area contributed by atoms with Gasteiger partial charge in [0.1, 0.15) is 5.76 Å². The Bertz CT molecular complexity index is 416. The van der Waals surface area contributed by atoms with Crippen LogP contribution in [0.3, 0.4) is 0 Å². The van der Waals surface area contributed by atoms with Crippen LogP contribution in [0.2, 0.25) is 0 Å². The highest BCUT2D eigenvalue weighted by Crippen LogP contribution is 2.09. The fraction of sp³-hybridized carbons (Fsp3) is 0.500. The molecular weight excluding hydrogens is 244 g/mol. The van der Waals surface area contributed by atoms with E-state index >= 15 is 0 Å². The van der Waals surface area contributed by atoms with Crippen molar-refractivity contribution in [3.05, 3.63) is 11.8 Å².